The maximum atomic E-state index is 11.8. The molecule has 2 fully saturated rings. The molecule has 0 aromatic rings. The van der Waals surface area contributed by atoms with Crippen LogP contribution in [0.3, 0.4) is 0 Å². The van der Waals surface area contributed by atoms with Gasteiger partial charge in [-0.15, -0.1) is 0 Å². The number of hydrogen-bond donors (Lipinski definition) is 0. The average molecular weight is 293 g/mol. The molecule has 2 heteroatoms. The van der Waals surface area contributed by atoms with E-state index < -0.39 is 0 Å². The third-order valence-corrected chi connectivity index (χ3v) is 5.61. The van der Waals surface area contributed by atoms with Crippen LogP contribution in [0.4, 0.5) is 0 Å². The highest BCUT2D eigenvalue weighted by Crippen LogP contribution is 2.26. The summed E-state index contributed by atoms with van der Waals surface area (Å²) in [6.45, 7) is 0. The third-order valence-electron chi connectivity index (χ3n) is 5.61. The van der Waals surface area contributed by atoms with Crippen LogP contribution in [-0.4, -0.2) is 23.4 Å². The smallest absolute Gasteiger partial charge is 0.210 e. The van der Waals surface area contributed by atoms with Crippen LogP contribution >= 0.6 is 0 Å². The van der Waals surface area contributed by atoms with Crippen molar-refractivity contribution in [3.05, 3.63) is 0 Å². The van der Waals surface area contributed by atoms with E-state index in [4.69, 9.17) is 0 Å². The van der Waals surface area contributed by atoms with Crippen molar-refractivity contribution in [1.82, 2.24) is 4.90 Å². The summed E-state index contributed by atoms with van der Waals surface area (Å²) in [5.74, 6) is 0. The van der Waals surface area contributed by atoms with E-state index >= 15 is 0 Å². The molecule has 122 valence electrons. The second-order valence-electron chi connectivity index (χ2n) is 7.26. The highest BCUT2D eigenvalue weighted by Gasteiger charge is 2.25. The lowest BCUT2D eigenvalue weighted by molar-refractivity contribution is -0.123. The summed E-state index contributed by atoms with van der Waals surface area (Å²) in [4.78, 5) is 14.1. The lowest BCUT2D eigenvalue weighted by Gasteiger charge is -2.36. The van der Waals surface area contributed by atoms with Gasteiger partial charge in [-0.05, 0) is 25.7 Å². The third kappa shape index (κ3) is 6.00. The van der Waals surface area contributed by atoms with Gasteiger partial charge in [0.05, 0.1) is 0 Å². The monoisotopic (exact) mass is 293 g/mol. The Kier molecular flexibility index (Phi) is 8.21. The number of amides is 1. The number of hydrogen-bond acceptors (Lipinski definition) is 1. The lowest BCUT2D eigenvalue weighted by Crippen LogP contribution is -2.42. The van der Waals surface area contributed by atoms with Crippen molar-refractivity contribution in [2.45, 2.75) is 115 Å². The number of carbonyl (C=O) groups excluding carboxylic acids is 1. The van der Waals surface area contributed by atoms with Crippen LogP contribution in [0.2, 0.25) is 0 Å². The largest absolute Gasteiger partial charge is 0.339 e. The molecule has 0 aliphatic heterocycles. The first-order chi connectivity index (χ1) is 10.4. The predicted octanol–water partition coefficient (Wildman–Crippen LogP) is 5.45. The van der Waals surface area contributed by atoms with Crippen molar-refractivity contribution in [1.29, 1.82) is 0 Å². The molecule has 0 saturated heterocycles. The first kappa shape index (κ1) is 16.8. The zero-order valence-corrected chi connectivity index (χ0v) is 13.9. The van der Waals surface area contributed by atoms with Gasteiger partial charge in [-0.25, -0.2) is 0 Å². The van der Waals surface area contributed by atoms with Crippen molar-refractivity contribution in [3.8, 4) is 0 Å². The summed E-state index contributed by atoms with van der Waals surface area (Å²) >= 11 is 0. The number of nitrogens with zero attached hydrogens (tertiary/aromatic N) is 1. The minimum atomic E-state index is 0.534. The van der Waals surface area contributed by atoms with Crippen LogP contribution in [0, 0.1) is 0 Å². The molecule has 2 nitrogen and oxygen atoms in total. The highest BCUT2D eigenvalue weighted by molar-refractivity contribution is 5.48. The van der Waals surface area contributed by atoms with Gasteiger partial charge in [0.1, 0.15) is 0 Å². The average Bonchev–Trinajstić information content (AvgIpc) is 2.72. The summed E-state index contributed by atoms with van der Waals surface area (Å²) in [7, 11) is 0. The fourth-order valence-electron chi connectivity index (χ4n) is 4.29. The molecule has 21 heavy (non-hydrogen) atoms. The van der Waals surface area contributed by atoms with Gasteiger partial charge < -0.3 is 4.90 Å². The van der Waals surface area contributed by atoms with Crippen molar-refractivity contribution in [2.75, 3.05) is 0 Å². The van der Waals surface area contributed by atoms with Crippen LogP contribution in [0.25, 0.3) is 0 Å². The molecule has 0 aromatic carbocycles. The molecule has 2 saturated carbocycles. The maximum Gasteiger partial charge on any atom is 0.210 e. The molecule has 0 atom stereocenters. The fourth-order valence-corrected chi connectivity index (χ4v) is 4.29. The molecule has 1 amide bonds. The van der Waals surface area contributed by atoms with Gasteiger partial charge in [-0.3, -0.25) is 4.79 Å². The summed E-state index contributed by atoms with van der Waals surface area (Å²) < 4.78 is 0. The Morgan fingerprint density at radius 1 is 0.524 bits per heavy atom. The molecule has 0 bridgehead atoms. The first-order valence-electron chi connectivity index (χ1n) is 9.64. The van der Waals surface area contributed by atoms with Crippen LogP contribution in [-0.2, 0) is 4.79 Å². The Bertz CT molecular complexity index is 235. The quantitative estimate of drug-likeness (QED) is 0.633. The normalized spacial score (nSPS) is 24.8. The van der Waals surface area contributed by atoms with Crippen LogP contribution in [0.5, 0.6) is 0 Å². The summed E-state index contributed by atoms with van der Waals surface area (Å²) in [5, 5.41) is 0. The highest BCUT2D eigenvalue weighted by atomic mass is 16.1. The standard InChI is InChI=1S/C19H35NO/c21-17-20(18-13-9-5-1-2-6-10-14-18)19-15-11-7-3-4-8-12-16-19/h17-19H,1-16H2. The topological polar surface area (TPSA) is 20.3 Å². The molecule has 2 aliphatic rings. The minimum absolute atomic E-state index is 0.534. The van der Waals surface area contributed by atoms with Gasteiger partial charge in [-0.1, -0.05) is 77.0 Å². The number of rotatable bonds is 3. The number of carbonyl (C=O) groups is 1. The molecular weight excluding hydrogens is 258 g/mol. The molecule has 2 aliphatic carbocycles. The van der Waals surface area contributed by atoms with Crippen molar-refractivity contribution < 1.29 is 4.79 Å². The van der Waals surface area contributed by atoms with Gasteiger partial charge in [0.15, 0.2) is 0 Å². The molecule has 0 heterocycles. The Labute approximate surface area is 131 Å². The molecule has 0 unspecified atom stereocenters. The van der Waals surface area contributed by atoms with Crippen LogP contribution in [0.15, 0.2) is 0 Å². The van der Waals surface area contributed by atoms with Crippen molar-refractivity contribution >= 4 is 6.41 Å². The molecular formula is C19H35NO. The van der Waals surface area contributed by atoms with E-state index in [0.29, 0.717) is 12.1 Å². The van der Waals surface area contributed by atoms with Crippen LogP contribution in [0.1, 0.15) is 103 Å². The summed E-state index contributed by atoms with van der Waals surface area (Å²) in [6, 6.07) is 1.07. The predicted molar refractivity (Wildman–Crippen MR) is 89.4 cm³/mol. The van der Waals surface area contributed by atoms with E-state index in [1.807, 2.05) is 0 Å². The molecule has 0 aromatic heterocycles. The molecule has 2 rings (SSSR count). The van der Waals surface area contributed by atoms with E-state index in [1.54, 1.807) is 0 Å². The van der Waals surface area contributed by atoms with Crippen LogP contribution < -0.4 is 0 Å². The Morgan fingerprint density at radius 2 is 0.810 bits per heavy atom. The fraction of sp³-hybridized carbons (Fsp3) is 0.947. The second kappa shape index (κ2) is 10.2. The molecule has 0 N–H and O–H groups in total. The SMILES string of the molecule is O=CN(C1CCCCCCCC1)C1CCCCCCCC1. The van der Waals surface area contributed by atoms with E-state index in [2.05, 4.69) is 4.90 Å². The Hall–Kier alpha value is -0.530. The molecule has 0 spiro atoms. The van der Waals surface area contributed by atoms with Gasteiger partial charge in [0.25, 0.3) is 0 Å². The Balaban J connectivity index is 1.94. The second-order valence-corrected chi connectivity index (χ2v) is 7.26. The Morgan fingerprint density at radius 3 is 1.10 bits per heavy atom. The maximum absolute atomic E-state index is 11.8. The van der Waals surface area contributed by atoms with Crippen molar-refractivity contribution in [3.63, 3.8) is 0 Å². The van der Waals surface area contributed by atoms with Crippen molar-refractivity contribution in [2.24, 2.45) is 0 Å². The van der Waals surface area contributed by atoms with E-state index in [0.717, 1.165) is 0 Å². The minimum Gasteiger partial charge on any atom is -0.339 e. The zero-order valence-electron chi connectivity index (χ0n) is 13.9. The van der Waals surface area contributed by atoms with Gasteiger partial charge in [-0.2, -0.15) is 0 Å². The van der Waals surface area contributed by atoms with E-state index in [1.165, 1.54) is 109 Å². The molecule has 0 radical (unpaired) electrons. The van der Waals surface area contributed by atoms with E-state index in [9.17, 15) is 4.79 Å². The zero-order chi connectivity index (χ0) is 14.8. The van der Waals surface area contributed by atoms with Gasteiger partial charge in [0.2, 0.25) is 6.41 Å². The lowest BCUT2D eigenvalue weighted by atomic mass is 9.97. The first-order valence-corrected chi connectivity index (χ1v) is 9.64. The van der Waals surface area contributed by atoms with Gasteiger partial charge >= 0.3 is 0 Å². The van der Waals surface area contributed by atoms with Gasteiger partial charge in [0, 0.05) is 12.1 Å². The summed E-state index contributed by atoms with van der Waals surface area (Å²) in [6.07, 6.45) is 22.5. The van der Waals surface area contributed by atoms with E-state index in [-0.39, 0.29) is 0 Å². The summed E-state index contributed by atoms with van der Waals surface area (Å²) in [5.41, 5.74) is 0.